The van der Waals surface area contributed by atoms with Gasteiger partial charge in [-0.05, 0) is 57.5 Å². The zero-order valence-electron chi connectivity index (χ0n) is 18.8. The van der Waals surface area contributed by atoms with Gasteiger partial charge in [0.15, 0.2) is 11.0 Å². The summed E-state index contributed by atoms with van der Waals surface area (Å²) in [5, 5.41) is 13.0. The first-order chi connectivity index (χ1) is 15.8. The summed E-state index contributed by atoms with van der Waals surface area (Å²) in [6, 6.07) is 7.15. The van der Waals surface area contributed by atoms with Gasteiger partial charge < -0.3 is 19.4 Å². The lowest BCUT2D eigenvalue weighted by molar-refractivity contribution is -0.113. The van der Waals surface area contributed by atoms with Crippen LogP contribution >= 0.6 is 34.7 Å². The van der Waals surface area contributed by atoms with E-state index in [4.69, 9.17) is 21.1 Å². The molecule has 0 aliphatic heterocycles. The lowest BCUT2D eigenvalue weighted by Crippen LogP contribution is -2.16. The Kier molecular flexibility index (Phi) is 8.76. The molecular formula is C22H25ClN4O4S2. The van der Waals surface area contributed by atoms with Crippen LogP contribution in [0.5, 0.6) is 5.75 Å². The molecule has 1 aromatic carbocycles. The number of anilines is 1. The number of nitrogens with zero attached hydrogens (tertiary/aromatic N) is 3. The molecule has 3 rings (SSSR count). The lowest BCUT2D eigenvalue weighted by Gasteiger charge is -2.11. The third-order valence-electron chi connectivity index (χ3n) is 4.54. The van der Waals surface area contributed by atoms with Crippen molar-refractivity contribution in [2.24, 2.45) is 0 Å². The average molecular weight is 509 g/mol. The number of rotatable bonds is 10. The number of carbonyl (C=O) groups is 2. The van der Waals surface area contributed by atoms with E-state index in [-0.39, 0.29) is 24.9 Å². The van der Waals surface area contributed by atoms with Gasteiger partial charge in [0.05, 0.1) is 17.9 Å². The zero-order valence-corrected chi connectivity index (χ0v) is 21.2. The average Bonchev–Trinajstić information content (AvgIpc) is 3.34. The third kappa shape index (κ3) is 6.49. The van der Waals surface area contributed by atoms with Crippen molar-refractivity contribution in [2.45, 2.75) is 46.0 Å². The molecule has 0 fully saturated rings. The number of thioether (sulfide) groups is 1. The smallest absolute Gasteiger partial charge is 0.341 e. The van der Waals surface area contributed by atoms with Crippen LogP contribution in [0.25, 0.3) is 0 Å². The van der Waals surface area contributed by atoms with Crippen molar-refractivity contribution in [2.75, 3.05) is 17.7 Å². The van der Waals surface area contributed by atoms with Crippen LogP contribution in [0.1, 0.15) is 40.5 Å². The Morgan fingerprint density at radius 2 is 2.00 bits per heavy atom. The van der Waals surface area contributed by atoms with Crippen LogP contribution in [0.4, 0.5) is 5.00 Å². The number of hydrogen-bond acceptors (Lipinski definition) is 8. The van der Waals surface area contributed by atoms with E-state index >= 15 is 0 Å². The largest absolute Gasteiger partial charge is 0.485 e. The lowest BCUT2D eigenvalue weighted by atomic mass is 10.2. The highest BCUT2D eigenvalue weighted by atomic mass is 35.5. The summed E-state index contributed by atoms with van der Waals surface area (Å²) in [6.45, 7) is 8.66. The molecule has 3 aromatic rings. The van der Waals surface area contributed by atoms with Gasteiger partial charge in [-0.1, -0.05) is 23.4 Å². The first-order valence-corrected chi connectivity index (χ1v) is 12.5. The molecule has 2 heterocycles. The summed E-state index contributed by atoms with van der Waals surface area (Å²) in [7, 11) is 0. The molecule has 0 unspecified atom stereocenters. The van der Waals surface area contributed by atoms with E-state index in [2.05, 4.69) is 15.5 Å². The molecule has 1 N–H and O–H groups in total. The second kappa shape index (κ2) is 11.5. The summed E-state index contributed by atoms with van der Waals surface area (Å²) in [5.41, 5.74) is 1.30. The molecule has 33 heavy (non-hydrogen) atoms. The van der Waals surface area contributed by atoms with Gasteiger partial charge >= 0.3 is 5.97 Å². The van der Waals surface area contributed by atoms with Gasteiger partial charge in [0.1, 0.15) is 17.4 Å². The number of thiophene rings is 1. The monoisotopic (exact) mass is 508 g/mol. The summed E-state index contributed by atoms with van der Waals surface area (Å²) in [4.78, 5) is 25.6. The number of esters is 1. The van der Waals surface area contributed by atoms with Gasteiger partial charge in [-0.3, -0.25) is 4.79 Å². The molecule has 0 aliphatic carbocycles. The highest BCUT2D eigenvalue weighted by Crippen LogP contribution is 2.29. The van der Waals surface area contributed by atoms with Crippen molar-refractivity contribution >= 4 is 51.6 Å². The minimum atomic E-state index is -0.448. The Labute approximate surface area is 205 Å². The Bertz CT molecular complexity index is 1150. The van der Waals surface area contributed by atoms with Crippen LogP contribution in [-0.2, 0) is 22.7 Å². The second-order valence-electron chi connectivity index (χ2n) is 7.00. The van der Waals surface area contributed by atoms with Gasteiger partial charge in [-0.25, -0.2) is 4.79 Å². The maximum Gasteiger partial charge on any atom is 0.341 e. The summed E-state index contributed by atoms with van der Waals surface area (Å²) < 4.78 is 12.9. The van der Waals surface area contributed by atoms with Gasteiger partial charge in [0.25, 0.3) is 0 Å². The number of hydrogen-bond donors (Lipinski definition) is 1. The van der Waals surface area contributed by atoms with Gasteiger partial charge in [0.2, 0.25) is 5.91 Å². The number of halogens is 1. The van der Waals surface area contributed by atoms with Gasteiger partial charge in [-0.2, -0.15) is 0 Å². The van der Waals surface area contributed by atoms with Crippen LogP contribution in [-0.4, -0.2) is 39.0 Å². The molecule has 2 aromatic heterocycles. The molecule has 0 spiro atoms. The maximum atomic E-state index is 12.5. The normalized spacial score (nSPS) is 10.8. The number of ether oxygens (including phenoxy) is 2. The third-order valence-corrected chi connectivity index (χ3v) is 6.71. The molecule has 0 radical (unpaired) electrons. The Balaban J connectivity index is 1.61. The fraction of sp³-hybridized carbons (Fsp3) is 0.364. The molecule has 0 saturated heterocycles. The molecule has 8 nitrogen and oxygen atoms in total. The number of carbonyl (C=O) groups excluding carboxylic acids is 2. The van der Waals surface area contributed by atoms with Gasteiger partial charge in [0, 0.05) is 16.4 Å². The minimum Gasteiger partial charge on any atom is -0.485 e. The molecule has 0 aliphatic rings. The summed E-state index contributed by atoms with van der Waals surface area (Å²) >= 11 is 8.60. The predicted molar refractivity (Wildman–Crippen MR) is 131 cm³/mol. The maximum absolute atomic E-state index is 12.5. The number of aromatic nitrogens is 3. The Morgan fingerprint density at radius 3 is 2.70 bits per heavy atom. The molecule has 176 valence electrons. The first-order valence-electron chi connectivity index (χ1n) is 10.3. The topological polar surface area (TPSA) is 95.3 Å². The van der Waals surface area contributed by atoms with Crippen LogP contribution in [0.15, 0.2) is 29.4 Å². The quantitative estimate of drug-likeness (QED) is 0.300. The van der Waals surface area contributed by atoms with Crippen molar-refractivity contribution < 1.29 is 19.1 Å². The second-order valence-corrected chi connectivity index (χ2v) is 9.63. The number of benzene rings is 1. The van der Waals surface area contributed by atoms with Crippen LogP contribution in [0, 0.1) is 13.8 Å². The number of aryl methyl sites for hydroxylation is 2. The zero-order chi connectivity index (χ0) is 24.0. The highest BCUT2D eigenvalue weighted by Gasteiger charge is 2.19. The summed E-state index contributed by atoms with van der Waals surface area (Å²) in [6.07, 6.45) is 0. The van der Waals surface area contributed by atoms with Crippen LogP contribution in [0.3, 0.4) is 0 Å². The van der Waals surface area contributed by atoms with E-state index in [9.17, 15) is 9.59 Å². The number of amides is 1. The molecule has 0 bridgehead atoms. The van der Waals surface area contributed by atoms with Gasteiger partial charge in [-0.15, -0.1) is 21.5 Å². The molecule has 11 heteroatoms. The molecular weight excluding hydrogens is 484 g/mol. The SMILES string of the molecule is CCOC(=O)c1cc(C)sc1NC(=O)CSc1nnc(COc2ccc(Cl)cc2C)n1CC. The van der Waals surface area contributed by atoms with Crippen molar-refractivity contribution in [3.8, 4) is 5.75 Å². The van der Waals surface area contributed by atoms with E-state index < -0.39 is 5.97 Å². The first kappa shape index (κ1) is 25.1. The predicted octanol–water partition coefficient (Wildman–Crippen LogP) is 5.12. The van der Waals surface area contributed by atoms with E-state index in [1.165, 1.54) is 23.1 Å². The minimum absolute atomic E-state index is 0.120. The molecule has 0 atom stereocenters. The fourth-order valence-corrected chi connectivity index (χ4v) is 4.99. The molecule has 0 saturated carbocycles. The fourth-order valence-electron chi connectivity index (χ4n) is 3.03. The Hall–Kier alpha value is -2.56. The van der Waals surface area contributed by atoms with Crippen LogP contribution < -0.4 is 10.1 Å². The van der Waals surface area contributed by atoms with E-state index in [0.717, 1.165) is 16.2 Å². The summed E-state index contributed by atoms with van der Waals surface area (Å²) in [5.74, 6) is 0.813. The van der Waals surface area contributed by atoms with Crippen molar-refractivity contribution in [1.29, 1.82) is 0 Å². The van der Waals surface area contributed by atoms with Crippen molar-refractivity contribution in [1.82, 2.24) is 14.8 Å². The van der Waals surface area contributed by atoms with E-state index in [1.807, 2.05) is 37.5 Å². The Morgan fingerprint density at radius 1 is 1.21 bits per heavy atom. The van der Waals surface area contributed by atoms with E-state index in [1.54, 1.807) is 19.1 Å². The van der Waals surface area contributed by atoms with Crippen LogP contribution in [0.2, 0.25) is 5.02 Å². The number of nitrogens with one attached hydrogen (secondary N) is 1. The van der Waals surface area contributed by atoms with E-state index in [0.29, 0.717) is 33.1 Å². The molecule has 1 amide bonds. The highest BCUT2D eigenvalue weighted by molar-refractivity contribution is 7.99. The van der Waals surface area contributed by atoms with Crippen molar-refractivity contribution in [3.05, 3.63) is 51.1 Å². The standard InChI is InChI=1S/C22H25ClN4O4S2/c1-5-27-18(11-31-17-8-7-15(23)9-13(17)3)25-26-22(27)32-12-19(28)24-20-16(10-14(4)33-20)21(29)30-6-2/h7-10H,5-6,11-12H2,1-4H3,(H,24,28). The van der Waals surface area contributed by atoms with Crippen molar-refractivity contribution in [3.63, 3.8) is 0 Å².